The molecule has 5 heteroatoms. The molecule has 2 aromatic rings. The van der Waals surface area contributed by atoms with Crippen molar-refractivity contribution in [2.75, 3.05) is 13.1 Å². The van der Waals surface area contributed by atoms with Gasteiger partial charge in [-0.15, -0.1) is 0 Å². The summed E-state index contributed by atoms with van der Waals surface area (Å²) < 4.78 is 0. The number of carbonyl (C=O) groups excluding carboxylic acids is 1. The number of rotatable bonds is 5. The molecular formula is C18H20ClN3O. The molecule has 0 bridgehead atoms. The molecule has 23 heavy (non-hydrogen) atoms. The molecule has 2 aliphatic rings. The molecule has 1 saturated heterocycles. The Bertz CT molecular complexity index is 744. The first-order valence-electron chi connectivity index (χ1n) is 8.24. The van der Waals surface area contributed by atoms with E-state index in [-0.39, 0.29) is 0 Å². The van der Waals surface area contributed by atoms with Gasteiger partial charge in [-0.1, -0.05) is 17.7 Å². The third-order valence-corrected chi connectivity index (χ3v) is 5.10. The average molecular weight is 330 g/mol. The van der Waals surface area contributed by atoms with Crippen molar-refractivity contribution in [2.45, 2.75) is 31.8 Å². The molecular weight excluding hydrogens is 310 g/mol. The SMILES string of the molecule is O=C1CC(CNCc2ccc(Cl)c3cccnc23)CN1C1CC1. The number of nitrogens with one attached hydrogen (secondary N) is 1. The topological polar surface area (TPSA) is 45.2 Å². The highest BCUT2D eigenvalue weighted by Crippen LogP contribution is 2.32. The van der Waals surface area contributed by atoms with E-state index in [4.69, 9.17) is 11.6 Å². The van der Waals surface area contributed by atoms with Crippen molar-refractivity contribution in [2.24, 2.45) is 5.92 Å². The summed E-state index contributed by atoms with van der Waals surface area (Å²) in [6.07, 6.45) is 4.86. The fraction of sp³-hybridized carbons (Fsp3) is 0.444. The molecule has 1 saturated carbocycles. The lowest BCUT2D eigenvalue weighted by atomic mass is 10.1. The van der Waals surface area contributed by atoms with E-state index in [1.54, 1.807) is 6.20 Å². The monoisotopic (exact) mass is 329 g/mol. The van der Waals surface area contributed by atoms with Crippen LogP contribution in [0.2, 0.25) is 5.02 Å². The third-order valence-electron chi connectivity index (χ3n) is 4.77. The Labute approximate surface area is 140 Å². The van der Waals surface area contributed by atoms with E-state index < -0.39 is 0 Å². The van der Waals surface area contributed by atoms with Gasteiger partial charge in [0.15, 0.2) is 0 Å². The molecule has 1 atom stereocenters. The molecule has 1 aromatic heterocycles. The summed E-state index contributed by atoms with van der Waals surface area (Å²) in [7, 11) is 0. The molecule has 1 N–H and O–H groups in total. The highest BCUT2D eigenvalue weighted by molar-refractivity contribution is 6.35. The van der Waals surface area contributed by atoms with Crippen LogP contribution in [0.25, 0.3) is 10.9 Å². The Morgan fingerprint density at radius 1 is 1.30 bits per heavy atom. The summed E-state index contributed by atoms with van der Waals surface area (Å²) in [6, 6.07) is 8.40. The van der Waals surface area contributed by atoms with Crippen LogP contribution < -0.4 is 5.32 Å². The van der Waals surface area contributed by atoms with E-state index >= 15 is 0 Å². The van der Waals surface area contributed by atoms with Gasteiger partial charge in [0.05, 0.1) is 5.52 Å². The van der Waals surface area contributed by atoms with Crippen LogP contribution in [-0.2, 0) is 11.3 Å². The smallest absolute Gasteiger partial charge is 0.223 e. The largest absolute Gasteiger partial charge is 0.339 e. The number of nitrogens with zero attached hydrogens (tertiary/aromatic N) is 2. The Hall–Kier alpha value is -1.65. The van der Waals surface area contributed by atoms with E-state index in [1.807, 2.05) is 24.3 Å². The highest BCUT2D eigenvalue weighted by Gasteiger charge is 2.38. The molecule has 4 rings (SSSR count). The zero-order valence-electron chi connectivity index (χ0n) is 13.0. The van der Waals surface area contributed by atoms with Crippen LogP contribution in [0.3, 0.4) is 0 Å². The van der Waals surface area contributed by atoms with Gasteiger partial charge in [0.25, 0.3) is 0 Å². The number of amides is 1. The molecule has 2 heterocycles. The maximum atomic E-state index is 12.0. The first-order valence-corrected chi connectivity index (χ1v) is 8.62. The summed E-state index contributed by atoms with van der Waals surface area (Å²) in [5, 5.41) is 5.22. The van der Waals surface area contributed by atoms with E-state index in [1.165, 1.54) is 12.8 Å². The van der Waals surface area contributed by atoms with Crippen LogP contribution in [0.15, 0.2) is 30.5 Å². The predicted molar refractivity (Wildman–Crippen MR) is 91.3 cm³/mol. The van der Waals surface area contributed by atoms with Gasteiger partial charge < -0.3 is 10.2 Å². The molecule has 4 nitrogen and oxygen atoms in total. The lowest BCUT2D eigenvalue weighted by molar-refractivity contribution is -0.128. The van der Waals surface area contributed by atoms with E-state index in [0.717, 1.165) is 41.1 Å². The normalized spacial score (nSPS) is 21.3. The van der Waals surface area contributed by atoms with Crippen molar-refractivity contribution in [1.82, 2.24) is 15.2 Å². The van der Waals surface area contributed by atoms with E-state index in [2.05, 4.69) is 15.2 Å². The van der Waals surface area contributed by atoms with Crippen molar-refractivity contribution in [3.05, 3.63) is 41.0 Å². The fourth-order valence-corrected chi connectivity index (χ4v) is 3.65. The van der Waals surface area contributed by atoms with Gasteiger partial charge in [-0.2, -0.15) is 0 Å². The maximum absolute atomic E-state index is 12.0. The summed E-state index contributed by atoms with van der Waals surface area (Å²) in [5.41, 5.74) is 2.10. The minimum Gasteiger partial charge on any atom is -0.339 e. The molecule has 0 radical (unpaired) electrons. The first-order chi connectivity index (χ1) is 11.2. The zero-order chi connectivity index (χ0) is 15.8. The van der Waals surface area contributed by atoms with Crippen LogP contribution in [0.1, 0.15) is 24.8 Å². The molecule has 1 amide bonds. The number of carbonyl (C=O) groups is 1. The predicted octanol–water partition coefficient (Wildman–Crippen LogP) is 2.99. The highest BCUT2D eigenvalue weighted by atomic mass is 35.5. The Morgan fingerprint density at radius 3 is 3.00 bits per heavy atom. The molecule has 1 aliphatic carbocycles. The number of pyridine rings is 1. The minimum atomic E-state index is 0.331. The summed E-state index contributed by atoms with van der Waals surface area (Å²) >= 11 is 6.23. The molecule has 0 spiro atoms. The van der Waals surface area contributed by atoms with Crippen LogP contribution in [0, 0.1) is 5.92 Å². The fourth-order valence-electron chi connectivity index (χ4n) is 3.43. The Balaban J connectivity index is 1.38. The number of halogens is 1. The summed E-state index contributed by atoms with van der Waals surface area (Å²) in [5.74, 6) is 0.757. The van der Waals surface area contributed by atoms with Crippen molar-refractivity contribution in [3.63, 3.8) is 0 Å². The van der Waals surface area contributed by atoms with Gasteiger partial charge in [-0.05, 0) is 42.5 Å². The van der Waals surface area contributed by atoms with Gasteiger partial charge in [0.2, 0.25) is 5.91 Å². The van der Waals surface area contributed by atoms with E-state index in [9.17, 15) is 4.79 Å². The van der Waals surface area contributed by atoms with Gasteiger partial charge in [-0.3, -0.25) is 9.78 Å². The molecule has 120 valence electrons. The third kappa shape index (κ3) is 3.06. The van der Waals surface area contributed by atoms with Gasteiger partial charge >= 0.3 is 0 Å². The standard InChI is InChI=1S/C18H20ClN3O/c19-16-6-3-13(18-15(16)2-1-7-21-18)10-20-9-12-8-17(23)22(11-12)14-4-5-14/h1-3,6-7,12,14,20H,4-5,8-11H2. The van der Waals surface area contributed by atoms with Gasteiger partial charge in [0, 0.05) is 48.7 Å². The second kappa shape index (κ2) is 6.10. The number of hydrogen-bond acceptors (Lipinski definition) is 3. The number of fused-ring (bicyclic) bond motifs is 1. The van der Waals surface area contributed by atoms with Crippen molar-refractivity contribution >= 4 is 28.4 Å². The second-order valence-corrected chi connectivity index (χ2v) is 6.99. The molecule has 1 aliphatic heterocycles. The van der Waals surface area contributed by atoms with Crippen LogP contribution in [0.4, 0.5) is 0 Å². The number of likely N-dealkylation sites (tertiary alicyclic amines) is 1. The lowest BCUT2D eigenvalue weighted by Crippen LogP contribution is -2.29. The van der Waals surface area contributed by atoms with Gasteiger partial charge in [-0.25, -0.2) is 0 Å². The lowest BCUT2D eigenvalue weighted by Gasteiger charge is -2.16. The quantitative estimate of drug-likeness (QED) is 0.917. The molecule has 1 unspecified atom stereocenters. The van der Waals surface area contributed by atoms with Crippen molar-refractivity contribution < 1.29 is 4.79 Å². The van der Waals surface area contributed by atoms with Crippen LogP contribution >= 0.6 is 11.6 Å². The average Bonchev–Trinajstić information content (AvgIpc) is 3.33. The molecule has 1 aromatic carbocycles. The number of aromatic nitrogens is 1. The van der Waals surface area contributed by atoms with Crippen LogP contribution in [-0.4, -0.2) is 34.9 Å². The molecule has 2 fully saturated rings. The maximum Gasteiger partial charge on any atom is 0.223 e. The van der Waals surface area contributed by atoms with E-state index in [0.29, 0.717) is 24.3 Å². The number of benzene rings is 1. The number of hydrogen-bond donors (Lipinski definition) is 1. The second-order valence-electron chi connectivity index (χ2n) is 6.58. The van der Waals surface area contributed by atoms with Gasteiger partial charge in [0.1, 0.15) is 0 Å². The minimum absolute atomic E-state index is 0.331. The summed E-state index contributed by atoms with van der Waals surface area (Å²) in [4.78, 5) is 18.5. The summed E-state index contributed by atoms with van der Waals surface area (Å²) in [6.45, 7) is 2.53. The zero-order valence-corrected chi connectivity index (χ0v) is 13.7. The Kier molecular flexibility index (Phi) is 3.95. The van der Waals surface area contributed by atoms with Crippen molar-refractivity contribution in [3.8, 4) is 0 Å². The van der Waals surface area contributed by atoms with Crippen LogP contribution in [0.5, 0.6) is 0 Å². The first kappa shape index (κ1) is 14.9. The van der Waals surface area contributed by atoms with Crippen molar-refractivity contribution in [1.29, 1.82) is 0 Å². The Morgan fingerprint density at radius 2 is 2.17 bits per heavy atom.